The summed E-state index contributed by atoms with van der Waals surface area (Å²) in [5.41, 5.74) is 4.61. The maximum atomic E-state index is 12.1. The lowest BCUT2D eigenvalue weighted by molar-refractivity contribution is 0.434. The van der Waals surface area contributed by atoms with Gasteiger partial charge in [0.05, 0.1) is 11.0 Å². The normalized spacial score (nSPS) is 17.0. The molecule has 0 spiro atoms. The molecule has 3 aromatic rings. The minimum atomic E-state index is -0.00277. The van der Waals surface area contributed by atoms with Gasteiger partial charge in [-0.05, 0) is 36.6 Å². The van der Waals surface area contributed by atoms with Crippen LogP contribution in [0, 0.1) is 0 Å². The molecule has 4 heteroatoms. The van der Waals surface area contributed by atoms with Crippen LogP contribution in [0.15, 0.2) is 53.3 Å². The summed E-state index contributed by atoms with van der Waals surface area (Å²) in [6.45, 7) is 1.67. The molecule has 22 heavy (non-hydrogen) atoms. The number of hydrogen-bond donors (Lipinski definition) is 2. The summed E-state index contributed by atoms with van der Waals surface area (Å²) in [4.78, 5) is 15.0. The Labute approximate surface area is 128 Å². The van der Waals surface area contributed by atoms with Gasteiger partial charge in [-0.25, -0.2) is 4.79 Å². The molecule has 0 unspecified atom stereocenters. The second-order valence-electron chi connectivity index (χ2n) is 5.94. The van der Waals surface area contributed by atoms with E-state index in [1.807, 2.05) is 22.8 Å². The number of hydrogen-bond acceptors (Lipinski definition) is 2. The van der Waals surface area contributed by atoms with Crippen LogP contribution in [0.25, 0.3) is 11.0 Å². The first kappa shape index (κ1) is 13.3. The fourth-order valence-corrected chi connectivity index (χ4v) is 3.39. The van der Waals surface area contributed by atoms with Gasteiger partial charge in [-0.2, -0.15) is 0 Å². The summed E-state index contributed by atoms with van der Waals surface area (Å²) in [7, 11) is 0. The van der Waals surface area contributed by atoms with Gasteiger partial charge in [0.15, 0.2) is 0 Å². The Kier molecular flexibility index (Phi) is 3.31. The number of rotatable bonds is 4. The topological polar surface area (TPSA) is 49.8 Å². The molecule has 112 valence electrons. The van der Waals surface area contributed by atoms with Gasteiger partial charge >= 0.3 is 5.69 Å². The van der Waals surface area contributed by atoms with Crippen molar-refractivity contribution in [2.24, 2.45) is 0 Å². The smallest absolute Gasteiger partial charge is 0.312 e. The Morgan fingerprint density at radius 2 is 2.00 bits per heavy atom. The lowest BCUT2D eigenvalue weighted by atomic mass is 10.0. The number of aromatic amines is 1. The molecule has 0 bridgehead atoms. The van der Waals surface area contributed by atoms with Crippen molar-refractivity contribution >= 4 is 11.0 Å². The predicted molar refractivity (Wildman–Crippen MR) is 88.2 cm³/mol. The quantitative estimate of drug-likeness (QED) is 0.774. The van der Waals surface area contributed by atoms with Crippen molar-refractivity contribution in [1.82, 2.24) is 14.9 Å². The first-order chi connectivity index (χ1) is 10.8. The van der Waals surface area contributed by atoms with E-state index in [2.05, 4.69) is 40.6 Å². The molecule has 0 saturated heterocycles. The Morgan fingerprint density at radius 3 is 2.86 bits per heavy atom. The zero-order valence-electron chi connectivity index (χ0n) is 12.4. The molecule has 2 aromatic carbocycles. The van der Waals surface area contributed by atoms with Crippen molar-refractivity contribution in [3.63, 3.8) is 0 Å². The van der Waals surface area contributed by atoms with Crippen molar-refractivity contribution in [1.29, 1.82) is 0 Å². The van der Waals surface area contributed by atoms with Gasteiger partial charge in [-0.1, -0.05) is 42.5 Å². The average Bonchev–Trinajstić information content (AvgIpc) is 2.86. The van der Waals surface area contributed by atoms with E-state index in [9.17, 15) is 4.79 Å². The minimum Gasteiger partial charge on any atom is -0.312 e. The predicted octanol–water partition coefficient (Wildman–Crippen LogP) is 2.09. The Hall–Kier alpha value is -2.33. The fraction of sp³-hybridized carbons (Fsp3) is 0.278. The van der Waals surface area contributed by atoms with Crippen LogP contribution in [0.1, 0.15) is 11.1 Å². The van der Waals surface area contributed by atoms with E-state index in [-0.39, 0.29) is 5.69 Å². The molecule has 0 saturated carbocycles. The van der Waals surface area contributed by atoms with Crippen LogP contribution in [-0.2, 0) is 19.4 Å². The van der Waals surface area contributed by atoms with Gasteiger partial charge in [-0.15, -0.1) is 0 Å². The van der Waals surface area contributed by atoms with Gasteiger partial charge in [0, 0.05) is 12.6 Å². The molecule has 1 aliphatic heterocycles. The van der Waals surface area contributed by atoms with Crippen molar-refractivity contribution < 1.29 is 0 Å². The van der Waals surface area contributed by atoms with E-state index in [1.165, 1.54) is 11.1 Å². The largest absolute Gasteiger partial charge is 0.326 e. The molecular weight excluding hydrogens is 274 g/mol. The summed E-state index contributed by atoms with van der Waals surface area (Å²) in [5.74, 6) is 0. The molecular formula is C18H19N3O. The number of aromatic nitrogens is 2. The second-order valence-corrected chi connectivity index (χ2v) is 5.94. The van der Waals surface area contributed by atoms with E-state index in [0.29, 0.717) is 6.04 Å². The summed E-state index contributed by atoms with van der Waals surface area (Å²) in [6.07, 6.45) is 1.99. The van der Waals surface area contributed by atoms with Gasteiger partial charge in [0.2, 0.25) is 0 Å². The van der Waals surface area contributed by atoms with Gasteiger partial charge in [-0.3, -0.25) is 4.57 Å². The van der Waals surface area contributed by atoms with Crippen LogP contribution in [-0.4, -0.2) is 22.1 Å². The maximum absolute atomic E-state index is 12.1. The van der Waals surface area contributed by atoms with Crippen LogP contribution in [0.5, 0.6) is 0 Å². The average molecular weight is 293 g/mol. The summed E-state index contributed by atoms with van der Waals surface area (Å²) in [6, 6.07) is 16.9. The molecule has 1 atom stereocenters. The maximum Gasteiger partial charge on any atom is 0.326 e. The van der Waals surface area contributed by atoms with Crippen molar-refractivity contribution in [3.8, 4) is 0 Å². The highest BCUT2D eigenvalue weighted by molar-refractivity contribution is 5.79. The molecule has 1 aromatic heterocycles. The van der Waals surface area contributed by atoms with E-state index in [0.717, 1.165) is 37.0 Å². The zero-order valence-corrected chi connectivity index (χ0v) is 12.4. The van der Waals surface area contributed by atoms with Crippen molar-refractivity contribution in [2.75, 3.05) is 6.54 Å². The molecule has 0 fully saturated rings. The standard InChI is InChI=1S/C18H19N3O/c22-18-20-16-8-4-7-14-11-15(12-21(18)17(14)16)19-10-9-13-5-2-1-3-6-13/h1-8,15,19H,9-12H2,(H,20,22)/t15-/m1/s1. The van der Waals surface area contributed by atoms with Crippen LogP contribution < -0.4 is 11.0 Å². The van der Waals surface area contributed by atoms with E-state index >= 15 is 0 Å². The summed E-state index contributed by atoms with van der Waals surface area (Å²) < 4.78 is 1.87. The Balaban J connectivity index is 1.48. The third-order valence-electron chi connectivity index (χ3n) is 4.44. The molecule has 2 heterocycles. The van der Waals surface area contributed by atoms with Crippen molar-refractivity contribution in [3.05, 3.63) is 70.1 Å². The summed E-state index contributed by atoms with van der Waals surface area (Å²) >= 11 is 0. The molecule has 0 aliphatic carbocycles. The van der Waals surface area contributed by atoms with E-state index in [1.54, 1.807) is 0 Å². The Morgan fingerprint density at radius 1 is 1.14 bits per heavy atom. The highest BCUT2D eigenvalue weighted by atomic mass is 16.1. The monoisotopic (exact) mass is 293 g/mol. The lowest BCUT2D eigenvalue weighted by Crippen LogP contribution is -2.41. The lowest BCUT2D eigenvalue weighted by Gasteiger charge is -2.24. The molecule has 2 N–H and O–H groups in total. The number of nitrogens with one attached hydrogen (secondary N) is 2. The van der Waals surface area contributed by atoms with Crippen LogP contribution >= 0.6 is 0 Å². The van der Waals surface area contributed by atoms with Crippen LogP contribution in [0.2, 0.25) is 0 Å². The first-order valence-electron chi connectivity index (χ1n) is 7.79. The molecule has 1 aliphatic rings. The number of nitrogens with zero attached hydrogens (tertiary/aromatic N) is 1. The number of imidazole rings is 1. The second kappa shape index (κ2) is 5.46. The summed E-state index contributed by atoms with van der Waals surface area (Å²) in [5, 5.41) is 3.60. The molecule has 0 amide bonds. The van der Waals surface area contributed by atoms with E-state index < -0.39 is 0 Å². The van der Waals surface area contributed by atoms with Crippen LogP contribution in [0.3, 0.4) is 0 Å². The number of H-pyrrole nitrogens is 1. The number of para-hydroxylation sites is 1. The SMILES string of the molecule is O=c1[nH]c2cccc3c2n1C[C@H](NCCc1ccccc1)C3. The zero-order chi connectivity index (χ0) is 14.9. The van der Waals surface area contributed by atoms with E-state index in [4.69, 9.17) is 0 Å². The number of benzene rings is 2. The third kappa shape index (κ3) is 2.35. The minimum absolute atomic E-state index is 0.00277. The van der Waals surface area contributed by atoms with Gasteiger partial charge < -0.3 is 10.3 Å². The highest BCUT2D eigenvalue weighted by Gasteiger charge is 2.22. The molecule has 0 radical (unpaired) electrons. The Bertz CT molecular complexity index is 848. The fourth-order valence-electron chi connectivity index (χ4n) is 3.39. The van der Waals surface area contributed by atoms with Crippen LogP contribution in [0.4, 0.5) is 0 Å². The van der Waals surface area contributed by atoms with Gasteiger partial charge in [0.1, 0.15) is 0 Å². The third-order valence-corrected chi connectivity index (χ3v) is 4.44. The first-order valence-corrected chi connectivity index (χ1v) is 7.79. The highest BCUT2D eigenvalue weighted by Crippen LogP contribution is 2.22. The van der Waals surface area contributed by atoms with Crippen molar-refractivity contribution in [2.45, 2.75) is 25.4 Å². The van der Waals surface area contributed by atoms with Gasteiger partial charge in [0.25, 0.3) is 0 Å². The molecule has 4 rings (SSSR count). The molecule has 4 nitrogen and oxygen atoms in total.